The summed E-state index contributed by atoms with van der Waals surface area (Å²) in [6.45, 7) is 6.28. The second kappa shape index (κ2) is 32.1. The van der Waals surface area contributed by atoms with Gasteiger partial charge in [-0.3, -0.25) is 0 Å². The van der Waals surface area contributed by atoms with Crippen molar-refractivity contribution in [2.75, 3.05) is 76.7 Å². The summed E-state index contributed by atoms with van der Waals surface area (Å²) in [6.07, 6.45) is 7.58. The Balaban J connectivity index is 0.000000371. The lowest BCUT2D eigenvalue weighted by atomic mass is 10.0. The zero-order valence-corrected chi connectivity index (χ0v) is 45.3. The molecular formula is C44H53Cl4F7N16O2S2. The number of carbonyl (C=O) groups excluding carboxylic acids is 2. The van der Waals surface area contributed by atoms with Crippen molar-refractivity contribution in [1.29, 1.82) is 0 Å². The van der Waals surface area contributed by atoms with Gasteiger partial charge in [0.15, 0.2) is 28.4 Å². The second-order valence-electron chi connectivity index (χ2n) is 15.2. The molecule has 2 saturated heterocycles. The van der Waals surface area contributed by atoms with Gasteiger partial charge in [-0.2, -0.15) is 42.2 Å². The van der Waals surface area contributed by atoms with Crippen LogP contribution in [0.2, 0.25) is 15.7 Å². The highest BCUT2D eigenvalue weighted by molar-refractivity contribution is 7.59. The van der Waals surface area contributed by atoms with Crippen LogP contribution >= 0.6 is 74.2 Å². The van der Waals surface area contributed by atoms with Crippen molar-refractivity contribution in [2.24, 2.45) is 15.9 Å². The van der Waals surface area contributed by atoms with Crippen LogP contribution in [0, 0.1) is 40.7 Å². The molecule has 0 aliphatic carbocycles. The van der Waals surface area contributed by atoms with E-state index in [-0.39, 0.29) is 73.0 Å². The Labute approximate surface area is 462 Å². The number of carbonyl (C=O) groups is 2. The van der Waals surface area contributed by atoms with Crippen LogP contribution in [0.25, 0.3) is 0 Å². The maximum Gasteiger partial charge on any atom is 0.341 e. The number of amides is 4. The van der Waals surface area contributed by atoms with Crippen LogP contribution in [-0.4, -0.2) is 141 Å². The van der Waals surface area contributed by atoms with Crippen LogP contribution in [-0.2, 0) is 6.42 Å². The Kier molecular flexibility index (Phi) is 28.1. The molecule has 9 rings (SSSR count). The molecule has 4 N–H and O–H groups in total. The van der Waals surface area contributed by atoms with Gasteiger partial charge in [-0.15, -0.1) is 12.4 Å². The third kappa shape index (κ3) is 18.6. The molecule has 0 saturated carbocycles. The van der Waals surface area contributed by atoms with Gasteiger partial charge in [0.05, 0.1) is 36.4 Å². The standard InChI is InChI=1S/C20H21F3N6O.C14H16F2N4O.C5H5ClFN3.C4HCl2FN2.CH5N.ClH.2H2S/c1-2-17-16(23)12-24-19(26-17)27-5-7-28(8-6-27)20(30)29-18(3-4-25-29)13-9-14(21)11-15(22)10-13;15-11-7-10(8-12(16)9-11)13-1-2-18-20(13)14(21)19-5-3-17-4-6-19;1-8-4-3(7)2-9-5(6)10-4;5-3-2(7)1-8-4(6)9-3;1-2;;;/h4,9-12,18H,2-3,5-8H2,1H3;2,7-9,13,17H,1,3-6H2;2H,1H3,(H,8,9,10);1H;2H2,1H3;1H;2*1H2/t18-;13-;;;;;;/m00....../s1. The van der Waals surface area contributed by atoms with Crippen molar-refractivity contribution in [3.63, 3.8) is 0 Å². The molecule has 75 heavy (non-hydrogen) atoms. The molecule has 7 heterocycles. The molecule has 4 aliphatic rings. The quantitative estimate of drug-likeness (QED) is 0.0865. The fraction of sp³-hybridized carbons (Fsp3) is 0.364. The summed E-state index contributed by atoms with van der Waals surface area (Å²) in [5, 5.41) is 16.2. The molecule has 5 aromatic rings. The number of anilines is 2. The van der Waals surface area contributed by atoms with E-state index in [0.717, 1.165) is 37.6 Å². The number of nitrogens with two attached hydrogens (primary N) is 1. The molecular weight excluding hydrogens is 1120 g/mol. The zero-order chi connectivity index (χ0) is 52.5. The SMILES string of the molecule is CCc1nc(N2CCN(C(=O)N3N=CC[C@H]3c3cc(F)cc(F)c3)CC2)ncc1F.CN.CNc1nc(Cl)ncc1F.Cl.Fc1cnc(Cl)nc1Cl.O=C(N1CCNCC1)N1N=CC[C@H]1c1cc(F)cc(F)c1.S.S. The first-order chi connectivity index (χ1) is 34.5. The topological polar surface area (TPSA) is 202 Å². The Hall–Kier alpha value is -5.55. The Bertz CT molecular complexity index is 2660. The highest BCUT2D eigenvalue weighted by Crippen LogP contribution is 2.32. The van der Waals surface area contributed by atoms with Gasteiger partial charge in [0.2, 0.25) is 16.5 Å². The highest BCUT2D eigenvalue weighted by Gasteiger charge is 2.35. The fourth-order valence-corrected chi connectivity index (χ4v) is 7.61. The normalized spacial score (nSPS) is 16.2. The zero-order valence-electron chi connectivity index (χ0n) is 40.2. The number of nitrogens with zero attached hydrogens (tertiary/aromatic N) is 13. The van der Waals surface area contributed by atoms with Gasteiger partial charge in [0, 0.05) is 96.8 Å². The predicted octanol–water partition coefficient (Wildman–Crippen LogP) is 8.31. The largest absolute Gasteiger partial charge is 0.371 e. The number of hydrogen-bond donors (Lipinski definition) is 3. The van der Waals surface area contributed by atoms with Gasteiger partial charge in [-0.1, -0.05) is 18.5 Å². The summed E-state index contributed by atoms with van der Waals surface area (Å²) in [4.78, 5) is 52.7. The molecule has 2 fully saturated rings. The molecule has 18 nitrogen and oxygen atoms in total. The van der Waals surface area contributed by atoms with E-state index in [2.05, 4.69) is 56.5 Å². The average molecular weight is 1180 g/mol. The number of benzene rings is 2. The first-order valence-corrected chi connectivity index (χ1v) is 23.1. The second-order valence-corrected chi connectivity index (χ2v) is 16.2. The minimum absolute atomic E-state index is 0. The highest BCUT2D eigenvalue weighted by atomic mass is 35.5. The van der Waals surface area contributed by atoms with Crippen LogP contribution in [0.3, 0.4) is 0 Å². The summed E-state index contributed by atoms with van der Waals surface area (Å²) in [5.74, 6) is -3.73. The van der Waals surface area contributed by atoms with E-state index >= 15 is 0 Å². The monoisotopic (exact) mass is 1170 g/mol. The van der Waals surface area contributed by atoms with E-state index in [9.17, 15) is 40.3 Å². The van der Waals surface area contributed by atoms with Gasteiger partial charge in [-0.25, -0.2) is 75.3 Å². The molecule has 0 radical (unpaired) electrons. The molecule has 4 aliphatic heterocycles. The lowest BCUT2D eigenvalue weighted by molar-refractivity contribution is 0.136. The minimum Gasteiger partial charge on any atom is -0.371 e. The molecule has 0 unspecified atom stereocenters. The van der Waals surface area contributed by atoms with Crippen molar-refractivity contribution < 1.29 is 40.3 Å². The third-order valence-corrected chi connectivity index (χ3v) is 11.2. The van der Waals surface area contributed by atoms with Gasteiger partial charge >= 0.3 is 12.1 Å². The van der Waals surface area contributed by atoms with Gasteiger partial charge in [0.1, 0.15) is 23.3 Å². The van der Waals surface area contributed by atoms with E-state index in [4.69, 9.17) is 34.8 Å². The lowest BCUT2D eigenvalue weighted by Gasteiger charge is -2.37. The molecule has 0 spiro atoms. The fourth-order valence-electron chi connectivity index (χ4n) is 7.17. The smallest absolute Gasteiger partial charge is 0.341 e. The lowest BCUT2D eigenvalue weighted by Crippen LogP contribution is -2.52. The predicted molar refractivity (Wildman–Crippen MR) is 285 cm³/mol. The number of hydrazone groups is 2. The van der Waals surface area contributed by atoms with Crippen LogP contribution < -0.4 is 21.3 Å². The number of urea groups is 2. The third-order valence-electron chi connectivity index (χ3n) is 10.6. The number of hydrogen-bond acceptors (Lipinski definition) is 14. The van der Waals surface area contributed by atoms with Crippen molar-refractivity contribution in [1.82, 2.24) is 55.0 Å². The van der Waals surface area contributed by atoms with E-state index < -0.39 is 52.8 Å². The number of aryl methyl sites for hydroxylation is 1. The molecule has 3 aromatic heterocycles. The maximum absolute atomic E-state index is 13.6. The number of piperazine rings is 2. The Morgan fingerprint density at radius 1 is 0.640 bits per heavy atom. The van der Waals surface area contributed by atoms with Crippen molar-refractivity contribution in [3.8, 4) is 0 Å². The average Bonchev–Trinajstić information content (AvgIpc) is 4.09. The van der Waals surface area contributed by atoms with Crippen molar-refractivity contribution in [3.05, 3.63) is 128 Å². The van der Waals surface area contributed by atoms with E-state index in [1.165, 1.54) is 47.5 Å². The summed E-state index contributed by atoms with van der Waals surface area (Å²) < 4.78 is 92.3. The maximum atomic E-state index is 13.6. The van der Waals surface area contributed by atoms with Gasteiger partial charge in [0.25, 0.3) is 0 Å². The summed E-state index contributed by atoms with van der Waals surface area (Å²) in [6, 6.07) is 5.02. The molecule has 410 valence electrons. The molecule has 0 bridgehead atoms. The first kappa shape index (κ1) is 65.6. The summed E-state index contributed by atoms with van der Waals surface area (Å²) >= 11 is 15.8. The number of nitrogens with one attached hydrogen (secondary N) is 2. The number of aromatic nitrogens is 6. The van der Waals surface area contributed by atoms with Gasteiger partial charge in [-0.05, 0) is 72.1 Å². The molecule has 4 amide bonds. The van der Waals surface area contributed by atoms with Crippen LogP contribution in [0.1, 0.15) is 48.7 Å². The van der Waals surface area contributed by atoms with E-state index in [1.807, 2.05) is 11.8 Å². The van der Waals surface area contributed by atoms with Crippen LogP contribution in [0.4, 0.5) is 52.1 Å². The van der Waals surface area contributed by atoms with Crippen molar-refractivity contribution >= 4 is 110 Å². The van der Waals surface area contributed by atoms with Crippen molar-refractivity contribution in [2.45, 2.75) is 38.3 Å². The Morgan fingerprint density at radius 3 is 1.51 bits per heavy atom. The first-order valence-electron chi connectivity index (χ1n) is 21.9. The molecule has 2 atom stereocenters. The summed E-state index contributed by atoms with van der Waals surface area (Å²) in [7, 11) is 3.06. The van der Waals surface area contributed by atoms with E-state index in [1.54, 1.807) is 29.3 Å². The number of rotatable bonds is 5. The molecule has 2 aromatic carbocycles. The van der Waals surface area contributed by atoms with Gasteiger partial charge < -0.3 is 31.1 Å². The summed E-state index contributed by atoms with van der Waals surface area (Å²) in [5.41, 5.74) is 5.65. The number of halogens is 11. The van der Waals surface area contributed by atoms with E-state index in [0.29, 0.717) is 81.3 Å². The minimum atomic E-state index is -0.691. The molecule has 31 heteroatoms. The van der Waals surface area contributed by atoms with Crippen LogP contribution in [0.15, 0.2) is 65.2 Å². The van der Waals surface area contributed by atoms with Crippen LogP contribution in [0.5, 0.6) is 0 Å². The Morgan fingerprint density at radius 2 is 1.08 bits per heavy atom.